The third-order valence-corrected chi connectivity index (χ3v) is 4.87. The molecule has 0 fully saturated rings. The Morgan fingerprint density at radius 1 is 1.27 bits per heavy atom. The van der Waals surface area contributed by atoms with E-state index in [4.69, 9.17) is 16.9 Å². The molecule has 1 atom stereocenters. The van der Waals surface area contributed by atoms with Crippen molar-refractivity contribution in [2.45, 2.75) is 19.4 Å². The molecule has 0 radical (unpaired) electrons. The van der Waals surface area contributed by atoms with Crippen LogP contribution in [0.3, 0.4) is 0 Å². The Labute approximate surface area is 171 Å². The SMILES string of the molecule is CCC(c1cn(-c2ccccc2F)nn1)n1cc(C(=N)/C=C\N)c2c(N)ncnc21. The Hall–Kier alpha value is -4.08. The number of hydrogen-bond donors (Lipinski definition) is 3. The van der Waals surface area contributed by atoms with Crippen LogP contribution < -0.4 is 11.5 Å². The predicted octanol–water partition coefficient (Wildman–Crippen LogP) is 2.57. The van der Waals surface area contributed by atoms with Gasteiger partial charge in [0.05, 0.1) is 23.3 Å². The number of nitrogens with one attached hydrogen (secondary N) is 1. The Balaban J connectivity index is 1.84. The van der Waals surface area contributed by atoms with Gasteiger partial charge in [0, 0.05) is 11.8 Å². The number of benzene rings is 1. The molecule has 4 aromatic rings. The fourth-order valence-electron chi connectivity index (χ4n) is 3.47. The number of fused-ring (bicyclic) bond motifs is 1. The molecule has 9 nitrogen and oxygen atoms in total. The number of nitrogens with zero attached hydrogens (tertiary/aromatic N) is 6. The summed E-state index contributed by atoms with van der Waals surface area (Å²) in [5.41, 5.74) is 13.8. The number of aromatic nitrogens is 6. The molecule has 4 rings (SSSR count). The van der Waals surface area contributed by atoms with Gasteiger partial charge < -0.3 is 21.4 Å². The number of hydrogen-bond acceptors (Lipinski definition) is 7. The number of anilines is 1. The number of allylic oxidation sites excluding steroid dienone is 1. The summed E-state index contributed by atoms with van der Waals surface area (Å²) in [6.07, 6.45) is 8.28. The van der Waals surface area contributed by atoms with Crippen LogP contribution in [0, 0.1) is 11.2 Å². The highest BCUT2D eigenvalue weighted by Crippen LogP contribution is 2.31. The van der Waals surface area contributed by atoms with Gasteiger partial charge in [-0.05, 0) is 30.8 Å². The first-order chi connectivity index (χ1) is 14.5. The van der Waals surface area contributed by atoms with E-state index in [0.717, 1.165) is 0 Å². The maximum Gasteiger partial charge on any atom is 0.148 e. The van der Waals surface area contributed by atoms with Crippen molar-refractivity contribution in [3.05, 3.63) is 72.3 Å². The zero-order chi connectivity index (χ0) is 21.3. The molecule has 0 aliphatic heterocycles. The molecule has 3 heterocycles. The highest BCUT2D eigenvalue weighted by molar-refractivity contribution is 6.16. The van der Waals surface area contributed by atoms with Crippen molar-refractivity contribution in [2.75, 3.05) is 5.73 Å². The molecule has 0 saturated carbocycles. The average Bonchev–Trinajstić information content (AvgIpc) is 3.36. The summed E-state index contributed by atoms with van der Waals surface area (Å²) in [5, 5.41) is 17.2. The Kier molecular flexibility index (Phi) is 4.97. The van der Waals surface area contributed by atoms with Gasteiger partial charge in [0.1, 0.15) is 35.0 Å². The second-order valence-electron chi connectivity index (χ2n) is 6.64. The summed E-state index contributed by atoms with van der Waals surface area (Å²) in [4.78, 5) is 8.45. The van der Waals surface area contributed by atoms with Gasteiger partial charge in [-0.15, -0.1) is 5.10 Å². The van der Waals surface area contributed by atoms with E-state index in [1.165, 1.54) is 29.4 Å². The fourth-order valence-corrected chi connectivity index (χ4v) is 3.47. The van der Waals surface area contributed by atoms with Crippen molar-refractivity contribution < 1.29 is 4.39 Å². The Morgan fingerprint density at radius 2 is 2.07 bits per heavy atom. The molecule has 0 amide bonds. The topological polar surface area (TPSA) is 137 Å². The van der Waals surface area contributed by atoms with Crippen molar-refractivity contribution >= 4 is 22.6 Å². The lowest BCUT2D eigenvalue weighted by Gasteiger charge is -2.15. The van der Waals surface area contributed by atoms with E-state index in [1.807, 2.05) is 11.5 Å². The monoisotopic (exact) mass is 405 g/mol. The number of nitrogen functional groups attached to an aromatic ring is 1. The molecule has 5 N–H and O–H groups in total. The molecule has 30 heavy (non-hydrogen) atoms. The number of rotatable bonds is 6. The zero-order valence-electron chi connectivity index (χ0n) is 16.2. The average molecular weight is 405 g/mol. The van der Waals surface area contributed by atoms with Crippen LogP contribution in [0.2, 0.25) is 0 Å². The standard InChI is InChI=1S/C20H20FN9/c1-2-16(15-10-30(28-27-15)17-6-4-3-5-13(17)21)29-9-12(14(23)7-8-22)18-19(24)25-11-26-20(18)29/h3-11,16,23H,2,22H2,1H3,(H2,24,25,26)/b8-7-,23-14?. The van der Waals surface area contributed by atoms with Crippen LogP contribution in [0.15, 0.2) is 55.3 Å². The van der Waals surface area contributed by atoms with Gasteiger partial charge in [-0.1, -0.05) is 24.3 Å². The second kappa shape index (κ2) is 7.74. The van der Waals surface area contributed by atoms with E-state index in [2.05, 4.69) is 20.3 Å². The molecule has 3 aromatic heterocycles. The third kappa shape index (κ3) is 3.17. The van der Waals surface area contributed by atoms with Gasteiger partial charge in [0.25, 0.3) is 0 Å². The maximum absolute atomic E-state index is 14.1. The van der Waals surface area contributed by atoms with Crippen molar-refractivity contribution in [2.24, 2.45) is 5.73 Å². The van der Waals surface area contributed by atoms with Gasteiger partial charge in [0.2, 0.25) is 0 Å². The van der Waals surface area contributed by atoms with E-state index >= 15 is 0 Å². The minimum atomic E-state index is -0.391. The van der Waals surface area contributed by atoms with Crippen molar-refractivity contribution in [1.29, 1.82) is 5.41 Å². The summed E-state index contributed by atoms with van der Waals surface area (Å²) in [6, 6.07) is 6.10. The lowest BCUT2D eigenvalue weighted by Crippen LogP contribution is -2.10. The second-order valence-corrected chi connectivity index (χ2v) is 6.64. The normalized spacial score (nSPS) is 12.6. The first-order valence-electron chi connectivity index (χ1n) is 9.30. The quantitative estimate of drug-likeness (QED) is 0.422. The van der Waals surface area contributed by atoms with Gasteiger partial charge in [-0.3, -0.25) is 0 Å². The Bertz CT molecular complexity index is 1250. The van der Waals surface area contributed by atoms with Crippen LogP contribution in [-0.4, -0.2) is 35.2 Å². The van der Waals surface area contributed by atoms with Crippen LogP contribution in [-0.2, 0) is 0 Å². The first kappa shape index (κ1) is 19.2. The largest absolute Gasteiger partial charge is 0.405 e. The molecular formula is C20H20FN9. The van der Waals surface area contributed by atoms with E-state index in [0.29, 0.717) is 34.4 Å². The van der Waals surface area contributed by atoms with E-state index < -0.39 is 5.82 Å². The highest BCUT2D eigenvalue weighted by atomic mass is 19.1. The van der Waals surface area contributed by atoms with Crippen LogP contribution in [0.5, 0.6) is 0 Å². The molecule has 0 spiro atoms. The van der Waals surface area contributed by atoms with Crippen LogP contribution in [0.25, 0.3) is 16.7 Å². The summed E-state index contributed by atoms with van der Waals surface area (Å²) in [5.74, 6) is -0.119. The van der Waals surface area contributed by atoms with Gasteiger partial charge in [0.15, 0.2) is 0 Å². The first-order valence-corrected chi connectivity index (χ1v) is 9.30. The molecule has 1 aromatic carbocycles. The minimum Gasteiger partial charge on any atom is -0.405 e. The molecule has 10 heteroatoms. The molecule has 0 aliphatic carbocycles. The summed E-state index contributed by atoms with van der Waals surface area (Å²) >= 11 is 0. The van der Waals surface area contributed by atoms with E-state index in [9.17, 15) is 4.39 Å². The van der Waals surface area contributed by atoms with Crippen LogP contribution >= 0.6 is 0 Å². The van der Waals surface area contributed by atoms with Crippen LogP contribution in [0.4, 0.5) is 10.2 Å². The van der Waals surface area contributed by atoms with Crippen molar-refractivity contribution in [1.82, 2.24) is 29.5 Å². The molecule has 152 valence electrons. The molecular weight excluding hydrogens is 385 g/mol. The highest BCUT2D eigenvalue weighted by Gasteiger charge is 2.23. The zero-order valence-corrected chi connectivity index (χ0v) is 16.2. The smallest absolute Gasteiger partial charge is 0.148 e. The predicted molar refractivity (Wildman–Crippen MR) is 112 cm³/mol. The van der Waals surface area contributed by atoms with Crippen molar-refractivity contribution in [3.8, 4) is 5.69 Å². The molecule has 0 bridgehead atoms. The Morgan fingerprint density at radius 3 is 2.80 bits per heavy atom. The maximum atomic E-state index is 14.1. The molecule has 1 unspecified atom stereocenters. The number of nitrogens with two attached hydrogens (primary N) is 2. The van der Waals surface area contributed by atoms with Gasteiger partial charge in [-0.25, -0.2) is 19.0 Å². The summed E-state index contributed by atoms with van der Waals surface area (Å²) in [6.45, 7) is 1.99. The molecule has 0 aliphatic rings. The van der Waals surface area contributed by atoms with Gasteiger partial charge in [-0.2, -0.15) is 0 Å². The fraction of sp³-hybridized carbons (Fsp3) is 0.150. The summed E-state index contributed by atoms with van der Waals surface area (Å²) < 4.78 is 17.4. The van der Waals surface area contributed by atoms with Crippen LogP contribution in [0.1, 0.15) is 30.6 Å². The van der Waals surface area contributed by atoms with Gasteiger partial charge >= 0.3 is 0 Å². The molecule has 0 saturated heterocycles. The third-order valence-electron chi connectivity index (χ3n) is 4.87. The van der Waals surface area contributed by atoms with E-state index in [-0.39, 0.29) is 17.6 Å². The lowest BCUT2D eigenvalue weighted by atomic mass is 10.1. The van der Waals surface area contributed by atoms with E-state index in [1.54, 1.807) is 30.6 Å². The number of para-hydroxylation sites is 1. The number of halogens is 1. The minimum absolute atomic E-state index is 0.188. The van der Waals surface area contributed by atoms with Crippen molar-refractivity contribution in [3.63, 3.8) is 0 Å². The lowest BCUT2D eigenvalue weighted by molar-refractivity contribution is 0.564. The summed E-state index contributed by atoms with van der Waals surface area (Å²) in [7, 11) is 0.